The first-order valence-corrected chi connectivity index (χ1v) is 8.47. The Labute approximate surface area is 151 Å². The molecule has 0 aliphatic carbocycles. The van der Waals surface area contributed by atoms with E-state index in [-0.39, 0.29) is 17.2 Å². The van der Waals surface area contributed by atoms with E-state index in [1.807, 2.05) is 24.3 Å². The highest BCUT2D eigenvalue weighted by Crippen LogP contribution is 2.24. The van der Waals surface area contributed by atoms with Gasteiger partial charge in [-0.1, -0.05) is 30.3 Å². The molecule has 0 bridgehead atoms. The zero-order valence-electron chi connectivity index (χ0n) is 14.6. The largest absolute Gasteiger partial charge is 0.378 e. The molecule has 1 aliphatic heterocycles. The van der Waals surface area contributed by atoms with Crippen molar-refractivity contribution in [2.24, 2.45) is 0 Å². The lowest BCUT2D eigenvalue weighted by atomic mass is 10.1. The predicted molar refractivity (Wildman–Crippen MR) is 98.4 cm³/mol. The number of nitrogens with zero attached hydrogens (tertiary/aromatic N) is 3. The van der Waals surface area contributed by atoms with Gasteiger partial charge in [0.1, 0.15) is 5.56 Å². The molecule has 1 heterocycles. The number of ether oxygens (including phenoxy) is 1. The normalized spacial score (nSPS) is 14.1. The van der Waals surface area contributed by atoms with Crippen LogP contribution in [0.2, 0.25) is 0 Å². The van der Waals surface area contributed by atoms with Crippen molar-refractivity contribution in [3.8, 4) is 0 Å². The van der Waals surface area contributed by atoms with Gasteiger partial charge in [-0.3, -0.25) is 14.9 Å². The molecule has 1 amide bonds. The first kappa shape index (κ1) is 17.9. The second-order valence-corrected chi connectivity index (χ2v) is 6.16. The average Bonchev–Trinajstić information content (AvgIpc) is 2.68. The summed E-state index contributed by atoms with van der Waals surface area (Å²) in [7, 11) is 1.66. The van der Waals surface area contributed by atoms with Gasteiger partial charge in [0.05, 0.1) is 18.1 Å². The van der Waals surface area contributed by atoms with Crippen LogP contribution in [0.15, 0.2) is 48.5 Å². The van der Waals surface area contributed by atoms with Crippen LogP contribution >= 0.6 is 0 Å². The maximum atomic E-state index is 12.7. The van der Waals surface area contributed by atoms with E-state index in [1.54, 1.807) is 19.2 Å². The minimum absolute atomic E-state index is 0.101. The van der Waals surface area contributed by atoms with Crippen molar-refractivity contribution in [2.45, 2.75) is 6.54 Å². The highest BCUT2D eigenvalue weighted by atomic mass is 16.6. The predicted octanol–water partition coefficient (Wildman–Crippen LogP) is 2.70. The summed E-state index contributed by atoms with van der Waals surface area (Å²) in [6, 6.07) is 13.9. The molecule has 0 saturated carbocycles. The van der Waals surface area contributed by atoms with Crippen LogP contribution in [0.25, 0.3) is 0 Å². The van der Waals surface area contributed by atoms with Crippen molar-refractivity contribution in [2.75, 3.05) is 38.3 Å². The summed E-state index contributed by atoms with van der Waals surface area (Å²) in [4.78, 5) is 27.2. The van der Waals surface area contributed by atoms with E-state index in [0.717, 1.165) is 24.3 Å². The van der Waals surface area contributed by atoms with Crippen LogP contribution in [0.1, 0.15) is 15.9 Å². The number of morpholine rings is 1. The number of hydrogen-bond donors (Lipinski definition) is 0. The maximum absolute atomic E-state index is 12.7. The first-order valence-electron chi connectivity index (χ1n) is 8.47. The van der Waals surface area contributed by atoms with Crippen molar-refractivity contribution in [3.63, 3.8) is 0 Å². The van der Waals surface area contributed by atoms with E-state index in [2.05, 4.69) is 4.90 Å². The van der Waals surface area contributed by atoms with Gasteiger partial charge in [0, 0.05) is 38.4 Å². The van der Waals surface area contributed by atoms with Crippen molar-refractivity contribution in [3.05, 3.63) is 69.8 Å². The third kappa shape index (κ3) is 3.83. The molecule has 0 aromatic heterocycles. The van der Waals surface area contributed by atoms with Crippen LogP contribution in [0, 0.1) is 10.1 Å². The molecule has 1 saturated heterocycles. The highest BCUT2D eigenvalue weighted by Gasteiger charge is 2.23. The number of anilines is 1. The fourth-order valence-corrected chi connectivity index (χ4v) is 3.10. The quantitative estimate of drug-likeness (QED) is 0.609. The van der Waals surface area contributed by atoms with Gasteiger partial charge in [-0.05, 0) is 17.7 Å². The van der Waals surface area contributed by atoms with Gasteiger partial charge >= 0.3 is 0 Å². The van der Waals surface area contributed by atoms with Gasteiger partial charge in [-0.25, -0.2) is 0 Å². The summed E-state index contributed by atoms with van der Waals surface area (Å²) in [6.45, 7) is 3.34. The Kier molecular flexibility index (Phi) is 5.48. The molecular weight excluding hydrogens is 334 g/mol. The summed E-state index contributed by atoms with van der Waals surface area (Å²) < 4.78 is 5.40. The first-order chi connectivity index (χ1) is 12.6. The molecule has 7 nitrogen and oxygen atoms in total. The van der Waals surface area contributed by atoms with Gasteiger partial charge < -0.3 is 14.5 Å². The number of nitro benzene ring substituents is 1. The van der Waals surface area contributed by atoms with Crippen LogP contribution < -0.4 is 4.90 Å². The molecule has 26 heavy (non-hydrogen) atoms. The molecule has 0 radical (unpaired) electrons. The third-order valence-corrected chi connectivity index (χ3v) is 4.43. The smallest absolute Gasteiger partial charge is 0.282 e. The Bertz CT molecular complexity index is 803. The average molecular weight is 355 g/mol. The van der Waals surface area contributed by atoms with Crippen molar-refractivity contribution >= 4 is 17.3 Å². The molecule has 0 spiro atoms. The monoisotopic (exact) mass is 355 g/mol. The summed E-state index contributed by atoms with van der Waals surface area (Å²) in [6.07, 6.45) is 0. The molecule has 2 aromatic carbocycles. The maximum Gasteiger partial charge on any atom is 0.282 e. The van der Waals surface area contributed by atoms with Crippen molar-refractivity contribution in [1.29, 1.82) is 0 Å². The molecule has 0 N–H and O–H groups in total. The number of hydrogen-bond acceptors (Lipinski definition) is 5. The lowest BCUT2D eigenvalue weighted by molar-refractivity contribution is -0.385. The Hall–Kier alpha value is -2.93. The van der Waals surface area contributed by atoms with Gasteiger partial charge in [-0.2, -0.15) is 0 Å². The molecule has 136 valence electrons. The number of carbonyl (C=O) groups is 1. The molecule has 1 fully saturated rings. The minimum Gasteiger partial charge on any atom is -0.378 e. The number of carbonyl (C=O) groups excluding carboxylic acids is 1. The molecule has 2 aromatic rings. The Morgan fingerprint density at radius 3 is 2.54 bits per heavy atom. The van der Waals surface area contributed by atoms with Gasteiger partial charge in [-0.15, -0.1) is 0 Å². The van der Waals surface area contributed by atoms with Gasteiger partial charge in [0.2, 0.25) is 0 Å². The fourth-order valence-electron chi connectivity index (χ4n) is 3.10. The molecule has 0 unspecified atom stereocenters. The van der Waals surface area contributed by atoms with E-state index in [1.165, 1.54) is 17.0 Å². The third-order valence-electron chi connectivity index (χ3n) is 4.43. The summed E-state index contributed by atoms with van der Waals surface area (Å²) in [5.41, 5.74) is 2.00. The Morgan fingerprint density at radius 2 is 1.81 bits per heavy atom. The lowest BCUT2D eigenvalue weighted by Gasteiger charge is -2.31. The van der Waals surface area contributed by atoms with E-state index < -0.39 is 4.92 Å². The molecule has 7 heteroatoms. The summed E-state index contributed by atoms with van der Waals surface area (Å²) >= 11 is 0. The molecule has 3 rings (SSSR count). The van der Waals surface area contributed by atoms with Crippen LogP contribution in [0.3, 0.4) is 0 Å². The number of nitro groups is 1. The molecular formula is C19H21N3O4. The van der Waals surface area contributed by atoms with Crippen molar-refractivity contribution in [1.82, 2.24) is 4.90 Å². The summed E-state index contributed by atoms with van der Waals surface area (Å²) in [5.74, 6) is -0.367. The zero-order chi connectivity index (χ0) is 18.5. The van der Waals surface area contributed by atoms with E-state index in [4.69, 9.17) is 4.74 Å². The van der Waals surface area contributed by atoms with E-state index in [0.29, 0.717) is 19.8 Å². The second-order valence-electron chi connectivity index (χ2n) is 6.16. The zero-order valence-corrected chi connectivity index (χ0v) is 14.6. The highest BCUT2D eigenvalue weighted by molar-refractivity contribution is 5.98. The lowest BCUT2D eigenvalue weighted by Crippen LogP contribution is -2.37. The van der Waals surface area contributed by atoms with Crippen LogP contribution in [-0.4, -0.2) is 49.1 Å². The van der Waals surface area contributed by atoms with Gasteiger partial charge in [0.25, 0.3) is 11.6 Å². The second kappa shape index (κ2) is 7.97. The van der Waals surface area contributed by atoms with Gasteiger partial charge in [0.15, 0.2) is 0 Å². The van der Waals surface area contributed by atoms with E-state index in [9.17, 15) is 14.9 Å². The number of amides is 1. The number of para-hydroxylation sites is 2. The minimum atomic E-state index is -0.525. The Morgan fingerprint density at radius 1 is 1.15 bits per heavy atom. The van der Waals surface area contributed by atoms with E-state index >= 15 is 0 Å². The standard InChI is InChI=1S/C19H21N3O4/c1-20(19(23)16-7-3-5-9-18(16)22(24)25)14-15-6-2-4-8-17(15)21-10-12-26-13-11-21/h2-9H,10-14H2,1H3. The van der Waals surface area contributed by atoms with Crippen LogP contribution in [0.4, 0.5) is 11.4 Å². The number of rotatable bonds is 5. The Balaban J connectivity index is 1.81. The van der Waals surface area contributed by atoms with Crippen LogP contribution in [0.5, 0.6) is 0 Å². The van der Waals surface area contributed by atoms with Crippen LogP contribution in [-0.2, 0) is 11.3 Å². The molecule has 1 aliphatic rings. The van der Waals surface area contributed by atoms with Crippen molar-refractivity contribution < 1.29 is 14.5 Å². The summed E-state index contributed by atoms with van der Waals surface area (Å²) in [5, 5.41) is 11.2. The molecule has 0 atom stereocenters. The fraction of sp³-hybridized carbons (Fsp3) is 0.316. The SMILES string of the molecule is CN(Cc1ccccc1N1CCOCC1)C(=O)c1ccccc1[N+](=O)[O-]. The number of benzene rings is 2. The topological polar surface area (TPSA) is 75.9 Å².